The number of nitrogens with two attached hydrogens (primary N) is 1. The Bertz CT molecular complexity index is 782. The summed E-state index contributed by atoms with van der Waals surface area (Å²) in [5.74, 6) is 1.22. The van der Waals surface area contributed by atoms with Crippen LogP contribution in [0.15, 0.2) is 24.3 Å². The molecule has 1 amide bonds. The number of aryl methyl sites for hydroxylation is 3. The van der Waals surface area contributed by atoms with Gasteiger partial charge in [-0.05, 0) is 62.3 Å². The summed E-state index contributed by atoms with van der Waals surface area (Å²) < 4.78 is 0. The number of carbonyl (C=O) groups is 1. The molecule has 2 heterocycles. The van der Waals surface area contributed by atoms with Crippen LogP contribution < -0.4 is 5.73 Å². The van der Waals surface area contributed by atoms with Crippen molar-refractivity contribution in [2.75, 3.05) is 12.3 Å². The van der Waals surface area contributed by atoms with E-state index >= 15 is 0 Å². The van der Waals surface area contributed by atoms with Gasteiger partial charge in [0.05, 0.1) is 11.7 Å². The number of rotatable bonds is 2. The molecule has 1 aliphatic heterocycles. The molecule has 1 atom stereocenters. The molecule has 5 nitrogen and oxygen atoms in total. The zero-order chi connectivity index (χ0) is 16.7. The lowest BCUT2D eigenvalue weighted by atomic mass is 10.0. The molecule has 4 rings (SSSR count). The quantitative estimate of drug-likeness (QED) is 0.923. The number of hydrogen-bond donors (Lipinski definition) is 1. The second-order valence-corrected chi connectivity index (χ2v) is 6.76. The number of aromatic nitrogens is 2. The predicted molar refractivity (Wildman–Crippen MR) is 92.7 cm³/mol. The van der Waals surface area contributed by atoms with Gasteiger partial charge in [0.15, 0.2) is 0 Å². The second kappa shape index (κ2) is 5.89. The number of hydrogen-bond acceptors (Lipinski definition) is 4. The van der Waals surface area contributed by atoms with Crippen LogP contribution in [-0.4, -0.2) is 27.3 Å². The molecule has 1 saturated heterocycles. The van der Waals surface area contributed by atoms with E-state index in [9.17, 15) is 4.79 Å². The molecular formula is C19H22N4O. The van der Waals surface area contributed by atoms with Crippen molar-refractivity contribution in [3.8, 4) is 0 Å². The number of nitrogen functional groups attached to an aromatic ring is 1. The average Bonchev–Trinajstić information content (AvgIpc) is 3.21. The molecular weight excluding hydrogens is 300 g/mol. The van der Waals surface area contributed by atoms with Crippen LogP contribution in [0.3, 0.4) is 0 Å². The molecule has 0 bridgehead atoms. The highest BCUT2D eigenvalue weighted by molar-refractivity contribution is 5.95. The highest BCUT2D eigenvalue weighted by Gasteiger charge is 2.32. The minimum absolute atomic E-state index is 0.00486. The maximum absolute atomic E-state index is 13.1. The van der Waals surface area contributed by atoms with E-state index in [1.807, 2.05) is 17.9 Å². The van der Waals surface area contributed by atoms with Crippen LogP contribution in [-0.2, 0) is 12.8 Å². The first-order valence-electron chi connectivity index (χ1n) is 8.65. The van der Waals surface area contributed by atoms with Crippen molar-refractivity contribution in [3.63, 3.8) is 0 Å². The molecule has 1 aromatic carbocycles. The SMILES string of the molecule is Cc1nc(N)cc(C2CCCN2C(=O)c2ccc3c(c2)CCC3)n1. The van der Waals surface area contributed by atoms with E-state index in [0.717, 1.165) is 43.5 Å². The second-order valence-electron chi connectivity index (χ2n) is 6.76. The first kappa shape index (κ1) is 15.1. The first-order valence-corrected chi connectivity index (χ1v) is 8.65. The standard InChI is InChI=1S/C19H22N4O/c1-12-21-16(11-18(20)22-12)17-6-3-9-23(17)19(24)15-8-7-13-4-2-5-14(13)10-15/h7-8,10-11,17H,2-6,9H2,1H3,(H2,20,21,22). The first-order chi connectivity index (χ1) is 11.6. The Hall–Kier alpha value is -2.43. The molecule has 0 radical (unpaired) electrons. The van der Waals surface area contributed by atoms with Gasteiger partial charge in [0.25, 0.3) is 5.91 Å². The number of amides is 1. The van der Waals surface area contributed by atoms with E-state index in [4.69, 9.17) is 5.73 Å². The zero-order valence-electron chi connectivity index (χ0n) is 14.0. The molecule has 5 heteroatoms. The third-order valence-electron chi connectivity index (χ3n) is 5.08. The summed E-state index contributed by atoms with van der Waals surface area (Å²) in [7, 11) is 0. The van der Waals surface area contributed by atoms with Crippen molar-refractivity contribution in [3.05, 3.63) is 52.5 Å². The largest absolute Gasteiger partial charge is 0.384 e. The van der Waals surface area contributed by atoms with Crippen LogP contribution in [0.5, 0.6) is 0 Å². The molecule has 2 aromatic rings. The Morgan fingerprint density at radius 3 is 2.83 bits per heavy atom. The Balaban J connectivity index is 1.63. The molecule has 1 fully saturated rings. The van der Waals surface area contributed by atoms with Crippen LogP contribution in [0.1, 0.15) is 58.3 Å². The lowest BCUT2D eigenvalue weighted by Crippen LogP contribution is -2.31. The number of anilines is 1. The summed E-state index contributed by atoms with van der Waals surface area (Å²) in [6.45, 7) is 2.60. The fraction of sp³-hybridized carbons (Fsp3) is 0.421. The zero-order valence-corrected chi connectivity index (χ0v) is 14.0. The van der Waals surface area contributed by atoms with Gasteiger partial charge >= 0.3 is 0 Å². The van der Waals surface area contributed by atoms with E-state index in [0.29, 0.717) is 11.6 Å². The molecule has 2 N–H and O–H groups in total. The Labute approximate surface area is 141 Å². The minimum Gasteiger partial charge on any atom is -0.384 e. The van der Waals surface area contributed by atoms with Crippen molar-refractivity contribution in [2.24, 2.45) is 0 Å². The molecule has 1 aromatic heterocycles. The summed E-state index contributed by atoms with van der Waals surface area (Å²) >= 11 is 0. The Morgan fingerprint density at radius 1 is 1.17 bits per heavy atom. The number of benzene rings is 1. The Kier molecular flexibility index (Phi) is 3.71. The van der Waals surface area contributed by atoms with Crippen molar-refractivity contribution < 1.29 is 4.79 Å². The molecule has 124 valence electrons. The monoisotopic (exact) mass is 322 g/mol. The van der Waals surface area contributed by atoms with Crippen LogP contribution in [0.2, 0.25) is 0 Å². The molecule has 1 aliphatic carbocycles. The lowest BCUT2D eigenvalue weighted by molar-refractivity contribution is 0.0732. The minimum atomic E-state index is -0.00486. The lowest BCUT2D eigenvalue weighted by Gasteiger charge is -2.25. The molecule has 0 spiro atoms. The van der Waals surface area contributed by atoms with Crippen molar-refractivity contribution in [1.82, 2.24) is 14.9 Å². The normalized spacial score (nSPS) is 19.5. The van der Waals surface area contributed by atoms with E-state index in [-0.39, 0.29) is 11.9 Å². The van der Waals surface area contributed by atoms with Gasteiger partial charge in [-0.3, -0.25) is 4.79 Å². The fourth-order valence-corrected chi connectivity index (χ4v) is 3.97. The predicted octanol–water partition coefficient (Wildman–Crippen LogP) is 2.83. The summed E-state index contributed by atoms with van der Waals surface area (Å²) in [6, 6.07) is 7.97. The Morgan fingerprint density at radius 2 is 2.00 bits per heavy atom. The van der Waals surface area contributed by atoms with Crippen molar-refractivity contribution in [2.45, 2.75) is 45.1 Å². The van der Waals surface area contributed by atoms with Gasteiger partial charge in [0, 0.05) is 18.2 Å². The van der Waals surface area contributed by atoms with Gasteiger partial charge in [-0.15, -0.1) is 0 Å². The highest BCUT2D eigenvalue weighted by atomic mass is 16.2. The fourth-order valence-electron chi connectivity index (χ4n) is 3.97. The summed E-state index contributed by atoms with van der Waals surface area (Å²) in [5, 5.41) is 0. The third-order valence-corrected chi connectivity index (χ3v) is 5.08. The van der Waals surface area contributed by atoms with E-state index in [1.54, 1.807) is 6.07 Å². The topological polar surface area (TPSA) is 72.1 Å². The van der Waals surface area contributed by atoms with Crippen molar-refractivity contribution >= 4 is 11.7 Å². The molecule has 0 saturated carbocycles. The molecule has 1 unspecified atom stereocenters. The van der Waals surface area contributed by atoms with Gasteiger partial charge in [-0.2, -0.15) is 0 Å². The number of fused-ring (bicyclic) bond motifs is 1. The van der Waals surface area contributed by atoms with Gasteiger partial charge in [-0.25, -0.2) is 9.97 Å². The van der Waals surface area contributed by atoms with Crippen LogP contribution in [0, 0.1) is 6.92 Å². The third kappa shape index (κ3) is 2.64. The van der Waals surface area contributed by atoms with Gasteiger partial charge in [0.2, 0.25) is 0 Å². The van der Waals surface area contributed by atoms with E-state index in [1.165, 1.54) is 17.5 Å². The van der Waals surface area contributed by atoms with Gasteiger partial charge in [-0.1, -0.05) is 6.07 Å². The van der Waals surface area contributed by atoms with Gasteiger partial charge < -0.3 is 10.6 Å². The van der Waals surface area contributed by atoms with Crippen LogP contribution in [0.4, 0.5) is 5.82 Å². The highest BCUT2D eigenvalue weighted by Crippen LogP contribution is 2.33. The summed E-state index contributed by atoms with van der Waals surface area (Å²) in [5.41, 5.74) is 10.2. The smallest absolute Gasteiger partial charge is 0.254 e. The maximum atomic E-state index is 13.1. The number of likely N-dealkylation sites (tertiary alicyclic amines) is 1. The molecule has 2 aliphatic rings. The van der Waals surface area contributed by atoms with E-state index in [2.05, 4.69) is 22.1 Å². The van der Waals surface area contributed by atoms with Crippen LogP contribution >= 0.6 is 0 Å². The summed E-state index contributed by atoms with van der Waals surface area (Å²) in [4.78, 5) is 23.6. The molecule has 24 heavy (non-hydrogen) atoms. The number of carbonyl (C=O) groups excluding carboxylic acids is 1. The van der Waals surface area contributed by atoms with Crippen molar-refractivity contribution in [1.29, 1.82) is 0 Å². The van der Waals surface area contributed by atoms with Gasteiger partial charge in [0.1, 0.15) is 11.6 Å². The van der Waals surface area contributed by atoms with E-state index < -0.39 is 0 Å². The maximum Gasteiger partial charge on any atom is 0.254 e. The van der Waals surface area contributed by atoms with Crippen LogP contribution in [0.25, 0.3) is 0 Å². The summed E-state index contributed by atoms with van der Waals surface area (Å²) in [6.07, 6.45) is 5.33. The number of nitrogens with zero attached hydrogens (tertiary/aromatic N) is 3. The average molecular weight is 322 g/mol.